The number of carbonyl (C=O) groups is 2. The van der Waals surface area contributed by atoms with E-state index in [0.29, 0.717) is 43.1 Å². The third kappa shape index (κ3) is 3.45. The van der Waals surface area contributed by atoms with Crippen LogP contribution in [-0.4, -0.2) is 47.0 Å². The molecule has 1 aliphatic heterocycles. The first-order valence-corrected chi connectivity index (χ1v) is 9.42. The molecule has 1 saturated heterocycles. The molecule has 1 saturated carbocycles. The minimum atomic E-state index is -0.480. The molecule has 2 amide bonds. The van der Waals surface area contributed by atoms with E-state index in [1.807, 2.05) is 11.8 Å². The molecule has 6 heteroatoms. The van der Waals surface area contributed by atoms with E-state index in [2.05, 4.69) is 4.98 Å². The van der Waals surface area contributed by atoms with Gasteiger partial charge in [-0.2, -0.15) is 0 Å². The average Bonchev–Trinajstić information content (AvgIpc) is 2.78. The number of carbonyl (C=O) groups excluding carboxylic acids is 2. The number of H-pyrrole nitrogens is 1. The highest BCUT2D eigenvalue weighted by molar-refractivity contribution is 6.02. The highest BCUT2D eigenvalue weighted by atomic mass is 16.5. The summed E-state index contributed by atoms with van der Waals surface area (Å²) in [6.07, 6.45) is 7.46. The van der Waals surface area contributed by atoms with Crippen LogP contribution in [0.1, 0.15) is 77.6 Å². The summed E-state index contributed by atoms with van der Waals surface area (Å²) in [4.78, 5) is 29.9. The fraction of sp³-hybridized carbons (Fsp3) is 0.684. The summed E-state index contributed by atoms with van der Waals surface area (Å²) in [6.45, 7) is 5.54. The monoisotopic (exact) mass is 347 g/mol. The third-order valence-corrected chi connectivity index (χ3v) is 5.66. The summed E-state index contributed by atoms with van der Waals surface area (Å²) in [7, 11) is 0. The number of hydrogen-bond donors (Lipinski definition) is 2. The van der Waals surface area contributed by atoms with Crippen LogP contribution >= 0.6 is 0 Å². The number of ether oxygens (including phenoxy) is 1. The van der Waals surface area contributed by atoms with E-state index in [-0.39, 0.29) is 11.5 Å². The number of nitrogens with two attached hydrogens (primary N) is 1. The van der Waals surface area contributed by atoms with Gasteiger partial charge in [0, 0.05) is 12.2 Å². The number of nitrogens with one attached hydrogen (secondary N) is 1. The molecule has 2 heterocycles. The Hall–Kier alpha value is -1.82. The van der Waals surface area contributed by atoms with E-state index in [1.165, 1.54) is 12.8 Å². The normalized spacial score (nSPS) is 20.5. The predicted octanol–water partition coefficient (Wildman–Crippen LogP) is 2.55. The third-order valence-electron chi connectivity index (χ3n) is 5.66. The number of aromatic nitrogens is 1. The second-order valence-corrected chi connectivity index (χ2v) is 7.37. The second kappa shape index (κ2) is 7.20. The number of rotatable bonds is 3. The number of hydrogen-bond acceptors (Lipinski definition) is 3. The van der Waals surface area contributed by atoms with E-state index in [1.54, 1.807) is 6.92 Å². The molecular formula is C19H29N3O3. The van der Waals surface area contributed by atoms with Crippen LogP contribution < -0.4 is 5.73 Å². The topological polar surface area (TPSA) is 88.4 Å². The first-order chi connectivity index (χ1) is 12.0. The van der Waals surface area contributed by atoms with Gasteiger partial charge >= 0.3 is 0 Å². The lowest BCUT2D eigenvalue weighted by Crippen LogP contribution is -2.53. The lowest BCUT2D eigenvalue weighted by Gasteiger charge is -2.42. The Morgan fingerprint density at radius 2 is 1.92 bits per heavy atom. The van der Waals surface area contributed by atoms with Crippen molar-refractivity contribution in [1.82, 2.24) is 9.88 Å². The van der Waals surface area contributed by atoms with Crippen LogP contribution in [0.2, 0.25) is 0 Å². The molecule has 6 nitrogen and oxygen atoms in total. The zero-order valence-electron chi connectivity index (χ0n) is 15.3. The maximum atomic E-state index is 13.2. The van der Waals surface area contributed by atoms with Crippen molar-refractivity contribution in [3.8, 4) is 0 Å². The Kier molecular flexibility index (Phi) is 5.18. The largest absolute Gasteiger partial charge is 0.371 e. The van der Waals surface area contributed by atoms with Crippen molar-refractivity contribution < 1.29 is 14.3 Å². The van der Waals surface area contributed by atoms with E-state index >= 15 is 0 Å². The summed E-state index contributed by atoms with van der Waals surface area (Å²) in [5.41, 5.74) is 7.70. The van der Waals surface area contributed by atoms with Crippen molar-refractivity contribution in [2.45, 2.75) is 64.4 Å². The molecule has 1 aromatic heterocycles. The molecule has 2 aliphatic rings. The Bertz CT molecular complexity index is 657. The van der Waals surface area contributed by atoms with Gasteiger partial charge in [0.15, 0.2) is 0 Å². The summed E-state index contributed by atoms with van der Waals surface area (Å²) in [5.74, 6) is -0.522. The van der Waals surface area contributed by atoms with Gasteiger partial charge in [-0.25, -0.2) is 0 Å². The van der Waals surface area contributed by atoms with Crippen LogP contribution in [-0.2, 0) is 11.2 Å². The van der Waals surface area contributed by atoms with E-state index in [4.69, 9.17) is 10.5 Å². The number of aryl methyl sites for hydroxylation is 1. The molecule has 1 spiro atoms. The van der Waals surface area contributed by atoms with Gasteiger partial charge in [-0.15, -0.1) is 0 Å². The molecule has 3 rings (SSSR count). The molecule has 1 aromatic rings. The molecule has 0 unspecified atom stereocenters. The van der Waals surface area contributed by atoms with Crippen molar-refractivity contribution in [3.05, 3.63) is 22.5 Å². The predicted molar refractivity (Wildman–Crippen MR) is 95.7 cm³/mol. The molecular weight excluding hydrogens is 318 g/mol. The van der Waals surface area contributed by atoms with Gasteiger partial charge in [0.1, 0.15) is 5.69 Å². The molecule has 0 aromatic carbocycles. The Balaban J connectivity index is 1.85. The van der Waals surface area contributed by atoms with Gasteiger partial charge in [0.2, 0.25) is 0 Å². The van der Waals surface area contributed by atoms with Crippen molar-refractivity contribution in [3.63, 3.8) is 0 Å². The maximum absolute atomic E-state index is 13.2. The minimum Gasteiger partial charge on any atom is -0.371 e. The minimum absolute atomic E-state index is 0.0422. The summed E-state index contributed by atoms with van der Waals surface area (Å²) < 4.78 is 6.15. The van der Waals surface area contributed by atoms with Gasteiger partial charge in [0.05, 0.1) is 24.3 Å². The van der Waals surface area contributed by atoms with Gasteiger partial charge < -0.3 is 20.4 Å². The molecule has 0 atom stereocenters. The van der Waals surface area contributed by atoms with Crippen LogP contribution in [0, 0.1) is 6.92 Å². The second-order valence-electron chi connectivity index (χ2n) is 7.37. The molecule has 1 aliphatic carbocycles. The lowest BCUT2D eigenvalue weighted by molar-refractivity contribution is -0.107. The fourth-order valence-corrected chi connectivity index (χ4v) is 4.40. The van der Waals surface area contributed by atoms with E-state index < -0.39 is 5.91 Å². The molecule has 0 radical (unpaired) electrons. The summed E-state index contributed by atoms with van der Waals surface area (Å²) >= 11 is 0. The molecule has 0 bridgehead atoms. The Morgan fingerprint density at radius 3 is 2.52 bits per heavy atom. The molecule has 2 fully saturated rings. The number of primary amides is 1. The van der Waals surface area contributed by atoms with E-state index in [0.717, 1.165) is 31.2 Å². The van der Waals surface area contributed by atoms with Crippen LogP contribution in [0.15, 0.2) is 0 Å². The Morgan fingerprint density at radius 1 is 1.24 bits per heavy atom. The molecule has 3 N–H and O–H groups in total. The van der Waals surface area contributed by atoms with Crippen molar-refractivity contribution >= 4 is 11.8 Å². The van der Waals surface area contributed by atoms with Crippen LogP contribution in [0.5, 0.6) is 0 Å². The smallest absolute Gasteiger partial charge is 0.270 e. The highest BCUT2D eigenvalue weighted by Gasteiger charge is 2.39. The first-order valence-electron chi connectivity index (χ1n) is 9.42. The van der Waals surface area contributed by atoms with Crippen LogP contribution in [0.3, 0.4) is 0 Å². The molecule has 138 valence electrons. The first kappa shape index (κ1) is 18.0. The maximum Gasteiger partial charge on any atom is 0.270 e. The Labute approximate surface area is 149 Å². The van der Waals surface area contributed by atoms with Crippen molar-refractivity contribution in [2.24, 2.45) is 5.73 Å². The summed E-state index contributed by atoms with van der Waals surface area (Å²) in [6, 6.07) is 0. The van der Waals surface area contributed by atoms with E-state index in [9.17, 15) is 9.59 Å². The fourth-order valence-electron chi connectivity index (χ4n) is 4.40. The van der Waals surface area contributed by atoms with Gasteiger partial charge in [-0.05, 0) is 31.7 Å². The van der Waals surface area contributed by atoms with Gasteiger partial charge in [0.25, 0.3) is 11.8 Å². The number of morpholine rings is 1. The van der Waals surface area contributed by atoms with Gasteiger partial charge in [-0.1, -0.05) is 32.6 Å². The number of amides is 2. The lowest BCUT2D eigenvalue weighted by atomic mass is 9.92. The highest BCUT2D eigenvalue weighted by Crippen LogP contribution is 2.34. The summed E-state index contributed by atoms with van der Waals surface area (Å²) in [5, 5.41) is 0. The van der Waals surface area contributed by atoms with Crippen LogP contribution in [0.4, 0.5) is 0 Å². The number of aromatic amines is 1. The quantitative estimate of drug-likeness (QED) is 0.881. The standard InChI is InChI=1S/C19H29N3O3/c1-3-14-15(17(20)23)13(2)21-16(14)18(24)22-10-11-25-19(12-22)8-6-4-5-7-9-19/h21H,3-12H2,1-2H3,(H2,20,23). The van der Waals surface area contributed by atoms with Crippen molar-refractivity contribution in [1.29, 1.82) is 0 Å². The SMILES string of the molecule is CCc1c(C(=O)N2CCOC3(CCCCCC3)C2)[nH]c(C)c1C(N)=O. The zero-order chi connectivity index (χ0) is 18.0. The molecule has 25 heavy (non-hydrogen) atoms. The average molecular weight is 347 g/mol. The zero-order valence-corrected chi connectivity index (χ0v) is 15.3. The number of nitrogens with zero attached hydrogens (tertiary/aromatic N) is 1. The van der Waals surface area contributed by atoms with Crippen LogP contribution in [0.25, 0.3) is 0 Å². The van der Waals surface area contributed by atoms with Gasteiger partial charge in [-0.3, -0.25) is 9.59 Å². The van der Waals surface area contributed by atoms with Crippen molar-refractivity contribution in [2.75, 3.05) is 19.7 Å².